The number of rotatable bonds is 2. The van der Waals surface area contributed by atoms with Crippen molar-refractivity contribution in [3.63, 3.8) is 0 Å². The molecule has 2 aromatic rings. The number of aromatic hydroxyl groups is 1. The van der Waals surface area contributed by atoms with Crippen LogP contribution in [0.25, 0.3) is 10.1 Å². The second-order valence-electron chi connectivity index (χ2n) is 2.91. The van der Waals surface area contributed by atoms with Crippen LogP contribution in [0.4, 0.5) is 0 Å². The van der Waals surface area contributed by atoms with E-state index < -0.39 is 0 Å². The molecule has 0 saturated carbocycles. The van der Waals surface area contributed by atoms with Gasteiger partial charge in [0.25, 0.3) is 0 Å². The van der Waals surface area contributed by atoms with Gasteiger partial charge in [0.15, 0.2) is 0 Å². The number of hydrogen-bond acceptors (Lipinski definition) is 4. The van der Waals surface area contributed by atoms with Crippen molar-refractivity contribution in [1.82, 2.24) is 0 Å². The van der Waals surface area contributed by atoms with Crippen molar-refractivity contribution in [2.75, 3.05) is 6.26 Å². The zero-order chi connectivity index (χ0) is 10.1. The zero-order valence-electron chi connectivity index (χ0n) is 7.65. The normalized spacial score (nSPS) is 11.0. The SMILES string of the molecule is CSc1c(CO)ccc2scc(O)c12. The highest BCUT2D eigenvalue weighted by molar-refractivity contribution is 7.98. The molecule has 0 spiro atoms. The van der Waals surface area contributed by atoms with Gasteiger partial charge in [0.2, 0.25) is 0 Å². The van der Waals surface area contributed by atoms with Crippen LogP contribution in [0, 0.1) is 0 Å². The lowest BCUT2D eigenvalue weighted by Crippen LogP contribution is -1.86. The lowest BCUT2D eigenvalue weighted by Gasteiger charge is -2.06. The molecule has 2 nitrogen and oxygen atoms in total. The van der Waals surface area contributed by atoms with Gasteiger partial charge in [0, 0.05) is 20.4 Å². The van der Waals surface area contributed by atoms with Crippen molar-refractivity contribution < 1.29 is 10.2 Å². The Kier molecular flexibility index (Phi) is 2.67. The highest BCUT2D eigenvalue weighted by Gasteiger charge is 2.11. The molecule has 1 aromatic heterocycles. The second-order valence-corrected chi connectivity index (χ2v) is 4.64. The van der Waals surface area contributed by atoms with E-state index in [-0.39, 0.29) is 6.61 Å². The third-order valence-corrected chi connectivity index (χ3v) is 3.94. The summed E-state index contributed by atoms with van der Waals surface area (Å²) >= 11 is 3.07. The van der Waals surface area contributed by atoms with E-state index >= 15 is 0 Å². The van der Waals surface area contributed by atoms with Crippen LogP contribution in [0.2, 0.25) is 0 Å². The van der Waals surface area contributed by atoms with Gasteiger partial charge in [-0.15, -0.1) is 23.1 Å². The maximum atomic E-state index is 9.66. The summed E-state index contributed by atoms with van der Waals surface area (Å²) < 4.78 is 1.06. The van der Waals surface area contributed by atoms with Gasteiger partial charge in [-0.2, -0.15) is 0 Å². The zero-order valence-corrected chi connectivity index (χ0v) is 9.28. The summed E-state index contributed by atoms with van der Waals surface area (Å²) in [6.07, 6.45) is 1.95. The molecule has 4 heteroatoms. The predicted molar refractivity (Wildman–Crippen MR) is 61.2 cm³/mol. The van der Waals surface area contributed by atoms with E-state index in [1.807, 2.05) is 18.4 Å². The van der Waals surface area contributed by atoms with Crippen molar-refractivity contribution in [2.45, 2.75) is 11.5 Å². The topological polar surface area (TPSA) is 40.5 Å². The fourth-order valence-electron chi connectivity index (χ4n) is 1.48. The first kappa shape index (κ1) is 9.83. The lowest BCUT2D eigenvalue weighted by molar-refractivity contribution is 0.279. The Morgan fingerprint density at radius 2 is 2.21 bits per heavy atom. The van der Waals surface area contributed by atoms with Gasteiger partial charge >= 0.3 is 0 Å². The van der Waals surface area contributed by atoms with Crippen LogP contribution in [0.1, 0.15) is 5.56 Å². The Morgan fingerprint density at radius 1 is 1.43 bits per heavy atom. The number of aliphatic hydroxyl groups excluding tert-OH is 1. The molecule has 0 amide bonds. The monoisotopic (exact) mass is 226 g/mol. The molecule has 74 valence electrons. The summed E-state index contributed by atoms with van der Waals surface area (Å²) in [6, 6.07) is 3.84. The molecule has 0 aliphatic rings. The number of aliphatic hydroxyl groups is 1. The van der Waals surface area contributed by atoms with Crippen molar-refractivity contribution >= 4 is 33.2 Å². The van der Waals surface area contributed by atoms with E-state index in [1.54, 1.807) is 17.1 Å². The summed E-state index contributed by atoms with van der Waals surface area (Å²) in [5.74, 6) is 0.310. The van der Waals surface area contributed by atoms with Crippen LogP contribution < -0.4 is 0 Å². The summed E-state index contributed by atoms with van der Waals surface area (Å²) in [5, 5.41) is 21.4. The van der Waals surface area contributed by atoms with Crippen molar-refractivity contribution in [2.24, 2.45) is 0 Å². The molecule has 2 rings (SSSR count). The van der Waals surface area contributed by atoms with Crippen LogP contribution >= 0.6 is 23.1 Å². The average molecular weight is 226 g/mol. The Bertz CT molecular complexity index is 462. The largest absolute Gasteiger partial charge is 0.506 e. The predicted octanol–water partition coefficient (Wildman–Crippen LogP) is 2.82. The molecular formula is C10H10O2S2. The minimum atomic E-state index is 0.0153. The van der Waals surface area contributed by atoms with E-state index in [1.165, 1.54) is 11.3 Å². The molecule has 0 atom stereocenters. The molecule has 0 bridgehead atoms. The molecule has 14 heavy (non-hydrogen) atoms. The molecule has 2 N–H and O–H groups in total. The first-order chi connectivity index (χ1) is 6.77. The summed E-state index contributed by atoms with van der Waals surface area (Å²) in [6.45, 7) is 0.0153. The van der Waals surface area contributed by atoms with Gasteiger partial charge in [0.1, 0.15) is 5.75 Å². The first-order valence-corrected chi connectivity index (χ1v) is 6.25. The van der Waals surface area contributed by atoms with E-state index in [0.29, 0.717) is 5.75 Å². The smallest absolute Gasteiger partial charge is 0.135 e. The first-order valence-electron chi connectivity index (χ1n) is 4.14. The fraction of sp³-hybridized carbons (Fsp3) is 0.200. The van der Waals surface area contributed by atoms with Crippen LogP contribution in [0.15, 0.2) is 22.4 Å². The molecule has 0 fully saturated rings. The Morgan fingerprint density at radius 3 is 2.86 bits per heavy atom. The quantitative estimate of drug-likeness (QED) is 0.774. The van der Waals surface area contributed by atoms with Gasteiger partial charge in [-0.1, -0.05) is 6.07 Å². The van der Waals surface area contributed by atoms with Gasteiger partial charge < -0.3 is 10.2 Å². The summed E-state index contributed by atoms with van der Waals surface area (Å²) in [5.41, 5.74) is 0.874. The van der Waals surface area contributed by atoms with Gasteiger partial charge in [-0.25, -0.2) is 0 Å². The number of hydrogen-bond donors (Lipinski definition) is 2. The lowest BCUT2D eigenvalue weighted by atomic mass is 10.1. The molecule has 0 radical (unpaired) electrons. The maximum absolute atomic E-state index is 9.66. The number of benzene rings is 1. The van der Waals surface area contributed by atoms with Gasteiger partial charge in [0.05, 0.1) is 6.61 Å². The fourth-order valence-corrected chi connectivity index (χ4v) is 3.19. The number of thioether (sulfide) groups is 1. The maximum Gasteiger partial charge on any atom is 0.135 e. The Hall–Kier alpha value is -0.710. The van der Waals surface area contributed by atoms with E-state index in [2.05, 4.69) is 0 Å². The van der Waals surface area contributed by atoms with Crippen molar-refractivity contribution in [3.05, 3.63) is 23.1 Å². The summed E-state index contributed by atoms with van der Waals surface area (Å²) in [7, 11) is 0. The van der Waals surface area contributed by atoms with Gasteiger partial charge in [-0.3, -0.25) is 0 Å². The van der Waals surface area contributed by atoms with Crippen molar-refractivity contribution in [1.29, 1.82) is 0 Å². The number of thiophene rings is 1. The molecule has 1 heterocycles. The molecule has 0 aliphatic heterocycles. The number of fused-ring (bicyclic) bond motifs is 1. The standard InChI is InChI=1S/C10H10O2S2/c1-13-10-6(4-11)2-3-8-9(10)7(12)5-14-8/h2-3,5,11-12H,4H2,1H3. The Balaban J connectivity index is 2.81. The van der Waals surface area contributed by atoms with E-state index in [9.17, 15) is 5.11 Å². The highest BCUT2D eigenvalue weighted by atomic mass is 32.2. The molecule has 1 aromatic carbocycles. The van der Waals surface area contributed by atoms with Crippen LogP contribution in [0.3, 0.4) is 0 Å². The highest BCUT2D eigenvalue weighted by Crippen LogP contribution is 2.39. The molecule has 0 aliphatic carbocycles. The third kappa shape index (κ3) is 1.39. The van der Waals surface area contributed by atoms with Crippen molar-refractivity contribution in [3.8, 4) is 5.75 Å². The van der Waals surface area contributed by atoms with Crippen LogP contribution in [-0.2, 0) is 6.61 Å². The van der Waals surface area contributed by atoms with Crippen LogP contribution in [-0.4, -0.2) is 16.5 Å². The molecular weight excluding hydrogens is 216 g/mol. The second kappa shape index (κ2) is 3.81. The third-order valence-electron chi connectivity index (χ3n) is 2.13. The van der Waals surface area contributed by atoms with E-state index in [4.69, 9.17) is 5.11 Å². The molecule has 0 saturated heterocycles. The van der Waals surface area contributed by atoms with E-state index in [0.717, 1.165) is 20.5 Å². The molecule has 0 unspecified atom stereocenters. The Labute approximate surface area is 90.2 Å². The summed E-state index contributed by atoms with van der Waals surface area (Å²) in [4.78, 5) is 0.976. The van der Waals surface area contributed by atoms with Gasteiger partial charge in [-0.05, 0) is 17.9 Å². The van der Waals surface area contributed by atoms with Crippen LogP contribution in [0.5, 0.6) is 5.75 Å². The minimum absolute atomic E-state index is 0.0153. The average Bonchev–Trinajstić information content (AvgIpc) is 2.59. The minimum Gasteiger partial charge on any atom is -0.506 e.